The van der Waals surface area contributed by atoms with Gasteiger partial charge in [0.15, 0.2) is 0 Å². The summed E-state index contributed by atoms with van der Waals surface area (Å²) >= 11 is 0. The molecule has 23 heavy (non-hydrogen) atoms. The van der Waals surface area contributed by atoms with Gasteiger partial charge in [0.25, 0.3) is 0 Å². The maximum Gasteiger partial charge on any atom is 0.220 e. The number of nitrogens with zero attached hydrogens (tertiary/aromatic N) is 3. The van der Waals surface area contributed by atoms with Gasteiger partial charge in [-0.15, -0.1) is 0 Å². The third-order valence-corrected chi connectivity index (χ3v) is 4.57. The number of carbonyl (C=O) groups excluding carboxylic acids is 1. The lowest BCUT2D eigenvalue weighted by Crippen LogP contribution is -2.26. The van der Waals surface area contributed by atoms with Crippen LogP contribution in [0.2, 0.25) is 0 Å². The van der Waals surface area contributed by atoms with Crippen LogP contribution in [-0.4, -0.2) is 20.7 Å². The third kappa shape index (κ3) is 4.18. The Morgan fingerprint density at radius 3 is 2.74 bits per heavy atom. The van der Waals surface area contributed by atoms with E-state index >= 15 is 0 Å². The molecule has 2 heterocycles. The molecule has 2 aromatic rings. The number of aromatic nitrogens is 3. The smallest absolute Gasteiger partial charge is 0.220 e. The van der Waals surface area contributed by atoms with Crippen molar-refractivity contribution in [2.45, 2.75) is 45.1 Å². The molecule has 0 spiro atoms. The summed E-state index contributed by atoms with van der Waals surface area (Å²) in [6.07, 6.45) is 10.5. The first kappa shape index (κ1) is 15.7. The summed E-state index contributed by atoms with van der Waals surface area (Å²) in [6, 6.07) is 5.95. The van der Waals surface area contributed by atoms with Crippen LogP contribution in [0.4, 0.5) is 0 Å². The van der Waals surface area contributed by atoms with Crippen molar-refractivity contribution in [2.24, 2.45) is 13.0 Å². The average molecular weight is 312 g/mol. The van der Waals surface area contributed by atoms with Gasteiger partial charge in [-0.2, -0.15) is 5.10 Å². The number of hydrogen-bond acceptors (Lipinski definition) is 3. The number of hydrogen-bond donors (Lipinski definition) is 1. The highest BCUT2D eigenvalue weighted by Gasteiger charge is 2.17. The Morgan fingerprint density at radius 2 is 2.00 bits per heavy atom. The zero-order chi connectivity index (χ0) is 16.1. The lowest BCUT2D eigenvalue weighted by molar-refractivity contribution is -0.122. The largest absolute Gasteiger partial charge is 0.350 e. The van der Waals surface area contributed by atoms with Crippen molar-refractivity contribution < 1.29 is 4.79 Å². The van der Waals surface area contributed by atoms with Crippen LogP contribution in [-0.2, 0) is 18.4 Å². The van der Waals surface area contributed by atoms with Gasteiger partial charge in [0.1, 0.15) is 0 Å². The monoisotopic (exact) mass is 312 g/mol. The minimum Gasteiger partial charge on any atom is -0.350 e. The Bertz CT molecular complexity index is 644. The Kier molecular flexibility index (Phi) is 5.05. The molecule has 0 atom stereocenters. The van der Waals surface area contributed by atoms with Crippen LogP contribution in [0.5, 0.6) is 0 Å². The summed E-state index contributed by atoms with van der Waals surface area (Å²) in [5, 5.41) is 7.50. The fraction of sp³-hybridized carbons (Fsp3) is 0.500. The minimum atomic E-state index is 0.146. The predicted molar refractivity (Wildman–Crippen MR) is 89.5 cm³/mol. The first-order valence-corrected chi connectivity index (χ1v) is 8.42. The molecule has 0 radical (unpaired) electrons. The highest BCUT2D eigenvalue weighted by atomic mass is 16.1. The van der Waals surface area contributed by atoms with Crippen molar-refractivity contribution in [1.29, 1.82) is 0 Å². The maximum atomic E-state index is 12.1. The first-order chi connectivity index (χ1) is 11.2. The number of aryl methyl sites for hydroxylation is 1. The van der Waals surface area contributed by atoms with Gasteiger partial charge >= 0.3 is 0 Å². The molecule has 0 saturated heterocycles. The highest BCUT2D eigenvalue weighted by Crippen LogP contribution is 2.26. The molecule has 0 bridgehead atoms. The molecule has 5 heteroatoms. The van der Waals surface area contributed by atoms with Crippen molar-refractivity contribution in [3.8, 4) is 11.3 Å². The number of rotatable bonds is 5. The fourth-order valence-corrected chi connectivity index (χ4v) is 3.32. The molecule has 1 N–H and O–H groups in total. The zero-order valence-corrected chi connectivity index (χ0v) is 13.7. The van der Waals surface area contributed by atoms with Gasteiger partial charge in [-0.25, -0.2) is 0 Å². The Morgan fingerprint density at radius 1 is 1.26 bits per heavy atom. The van der Waals surface area contributed by atoms with Crippen LogP contribution < -0.4 is 5.32 Å². The topological polar surface area (TPSA) is 59.8 Å². The van der Waals surface area contributed by atoms with E-state index in [4.69, 9.17) is 0 Å². The summed E-state index contributed by atoms with van der Waals surface area (Å²) in [4.78, 5) is 16.1. The van der Waals surface area contributed by atoms with E-state index in [0.29, 0.717) is 18.9 Å². The van der Waals surface area contributed by atoms with E-state index in [2.05, 4.69) is 15.4 Å². The molecular weight excluding hydrogens is 288 g/mol. The van der Waals surface area contributed by atoms with Crippen LogP contribution in [0.15, 0.2) is 30.6 Å². The van der Waals surface area contributed by atoms with Gasteiger partial charge in [-0.3, -0.25) is 14.5 Å². The number of nitrogens with one attached hydrogen (secondary N) is 1. The summed E-state index contributed by atoms with van der Waals surface area (Å²) in [5.74, 6) is 0.716. The standard InChI is InChI=1S/C18H24N4O/c1-22-17(15-7-9-19-10-8-15)12-16(21-22)13-20-18(23)11-14-5-3-2-4-6-14/h7-10,12,14H,2-6,11,13H2,1H3,(H,20,23). The number of carbonyl (C=O) groups is 1. The van der Waals surface area contributed by atoms with Gasteiger partial charge in [-0.05, 0) is 37.0 Å². The molecular formula is C18H24N4O. The van der Waals surface area contributed by atoms with Crippen molar-refractivity contribution in [3.63, 3.8) is 0 Å². The number of pyridine rings is 1. The molecule has 1 aliphatic rings. The van der Waals surface area contributed by atoms with Gasteiger partial charge < -0.3 is 5.32 Å². The van der Waals surface area contributed by atoms with E-state index in [1.54, 1.807) is 12.4 Å². The molecule has 2 aromatic heterocycles. The zero-order valence-electron chi connectivity index (χ0n) is 13.7. The normalized spacial score (nSPS) is 15.5. The van der Waals surface area contributed by atoms with Crippen molar-refractivity contribution in [2.75, 3.05) is 0 Å². The van der Waals surface area contributed by atoms with E-state index < -0.39 is 0 Å². The molecule has 1 saturated carbocycles. The summed E-state index contributed by atoms with van der Waals surface area (Å²) in [5.41, 5.74) is 3.00. The second kappa shape index (κ2) is 7.40. The Labute approximate surface area is 137 Å². The fourth-order valence-electron chi connectivity index (χ4n) is 3.32. The Hall–Kier alpha value is -2.17. The lowest BCUT2D eigenvalue weighted by Gasteiger charge is -2.20. The van der Waals surface area contributed by atoms with Crippen LogP contribution in [0, 0.1) is 5.92 Å². The van der Waals surface area contributed by atoms with Gasteiger partial charge in [0.05, 0.1) is 17.9 Å². The van der Waals surface area contributed by atoms with Crippen LogP contribution in [0.1, 0.15) is 44.2 Å². The van der Waals surface area contributed by atoms with Crippen LogP contribution in [0.3, 0.4) is 0 Å². The second-order valence-electron chi connectivity index (χ2n) is 6.37. The van der Waals surface area contributed by atoms with E-state index in [9.17, 15) is 4.79 Å². The molecule has 1 aliphatic carbocycles. The van der Waals surface area contributed by atoms with Crippen molar-refractivity contribution >= 4 is 5.91 Å². The van der Waals surface area contributed by atoms with Crippen molar-refractivity contribution in [1.82, 2.24) is 20.1 Å². The summed E-state index contributed by atoms with van der Waals surface area (Å²) in [6.45, 7) is 0.491. The van der Waals surface area contributed by atoms with Crippen LogP contribution in [0.25, 0.3) is 11.3 Å². The minimum absolute atomic E-state index is 0.146. The predicted octanol–water partition coefficient (Wildman–Crippen LogP) is 3.07. The van der Waals surface area contributed by atoms with Crippen LogP contribution >= 0.6 is 0 Å². The molecule has 1 amide bonds. The molecule has 0 aromatic carbocycles. The van der Waals surface area contributed by atoms with E-state index in [1.165, 1.54) is 32.1 Å². The van der Waals surface area contributed by atoms with Gasteiger partial charge in [0, 0.05) is 31.4 Å². The maximum absolute atomic E-state index is 12.1. The average Bonchev–Trinajstić information content (AvgIpc) is 2.96. The number of amides is 1. The van der Waals surface area contributed by atoms with E-state index in [0.717, 1.165) is 17.0 Å². The molecule has 0 unspecified atom stereocenters. The molecule has 1 fully saturated rings. The highest BCUT2D eigenvalue weighted by molar-refractivity contribution is 5.76. The molecule has 3 rings (SSSR count). The lowest BCUT2D eigenvalue weighted by atomic mass is 9.87. The summed E-state index contributed by atoms with van der Waals surface area (Å²) < 4.78 is 1.85. The Balaban J connectivity index is 1.55. The SMILES string of the molecule is Cn1nc(CNC(=O)CC2CCCCC2)cc1-c1ccncc1. The van der Waals surface area contributed by atoms with Gasteiger partial charge in [-0.1, -0.05) is 19.3 Å². The van der Waals surface area contributed by atoms with E-state index in [1.807, 2.05) is 29.9 Å². The van der Waals surface area contributed by atoms with Crippen molar-refractivity contribution in [3.05, 3.63) is 36.3 Å². The summed E-state index contributed by atoms with van der Waals surface area (Å²) in [7, 11) is 1.92. The first-order valence-electron chi connectivity index (χ1n) is 8.42. The second-order valence-corrected chi connectivity index (χ2v) is 6.37. The molecule has 5 nitrogen and oxygen atoms in total. The van der Waals surface area contributed by atoms with E-state index in [-0.39, 0.29) is 5.91 Å². The van der Waals surface area contributed by atoms with Gasteiger partial charge in [0.2, 0.25) is 5.91 Å². The molecule has 122 valence electrons. The third-order valence-electron chi connectivity index (χ3n) is 4.57. The molecule has 0 aliphatic heterocycles. The quantitative estimate of drug-likeness (QED) is 0.923.